The Morgan fingerprint density at radius 3 is 2.88 bits per heavy atom. The van der Waals surface area contributed by atoms with Gasteiger partial charge in [-0.15, -0.1) is 0 Å². The quantitative estimate of drug-likeness (QED) is 0.796. The first-order chi connectivity index (χ1) is 7.41. The zero-order valence-corrected chi connectivity index (χ0v) is 10.1. The second-order valence-electron chi connectivity index (χ2n) is 4.73. The highest BCUT2D eigenvalue weighted by Crippen LogP contribution is 2.36. The Bertz CT molecular complexity index is 416. The average Bonchev–Trinajstić information content (AvgIpc) is 2.15. The number of fused-ring (bicyclic) bond motifs is 1. The molecular formula is C12H17FN2O. The summed E-state index contributed by atoms with van der Waals surface area (Å²) in [5.74, 6) is -0.914. The fourth-order valence-electron chi connectivity index (χ4n) is 1.95. The Labute approximate surface area is 95.0 Å². The van der Waals surface area contributed by atoms with Gasteiger partial charge in [-0.25, -0.2) is 4.98 Å². The smallest absolute Gasteiger partial charge is 0.264 e. The number of halogens is 1. The first kappa shape index (κ1) is 11.2. The number of anilines is 1. The van der Waals surface area contributed by atoms with Gasteiger partial charge >= 0.3 is 0 Å². The Morgan fingerprint density at radius 2 is 2.25 bits per heavy atom. The molecule has 3 nitrogen and oxygen atoms in total. The van der Waals surface area contributed by atoms with Crippen molar-refractivity contribution in [1.29, 1.82) is 0 Å². The maximum absolute atomic E-state index is 13.6. The summed E-state index contributed by atoms with van der Waals surface area (Å²) in [6.07, 6.45) is 1.77. The molecule has 0 saturated heterocycles. The van der Waals surface area contributed by atoms with E-state index in [1.165, 1.54) is 6.92 Å². The van der Waals surface area contributed by atoms with Crippen molar-refractivity contribution in [2.75, 3.05) is 11.9 Å². The van der Waals surface area contributed by atoms with Crippen LogP contribution in [0, 0.1) is 6.92 Å². The number of aromatic nitrogens is 1. The van der Waals surface area contributed by atoms with Gasteiger partial charge in [-0.3, -0.25) is 0 Å². The number of hydrogen-bond donors (Lipinski definition) is 1. The van der Waals surface area contributed by atoms with Crippen LogP contribution in [0.25, 0.3) is 0 Å². The van der Waals surface area contributed by atoms with Gasteiger partial charge in [-0.1, -0.05) is 13.8 Å². The van der Waals surface area contributed by atoms with Crippen LogP contribution in [0.4, 0.5) is 10.1 Å². The van der Waals surface area contributed by atoms with Crippen molar-refractivity contribution in [3.05, 3.63) is 17.3 Å². The maximum atomic E-state index is 13.6. The summed E-state index contributed by atoms with van der Waals surface area (Å²) in [4.78, 5) is 4.17. The minimum absolute atomic E-state index is 0.157. The molecule has 0 aromatic carbocycles. The number of alkyl halides is 1. The van der Waals surface area contributed by atoms with E-state index in [9.17, 15) is 4.39 Å². The van der Waals surface area contributed by atoms with Crippen molar-refractivity contribution in [2.45, 2.75) is 39.5 Å². The first-order valence-corrected chi connectivity index (χ1v) is 5.52. The van der Waals surface area contributed by atoms with Crippen LogP contribution in [0.1, 0.15) is 37.8 Å². The zero-order valence-electron chi connectivity index (χ0n) is 10.1. The molecule has 88 valence electrons. The molecule has 2 heterocycles. The third kappa shape index (κ3) is 1.84. The highest BCUT2D eigenvalue weighted by atomic mass is 19.2. The number of nitrogens with one attached hydrogen (secondary N) is 1. The van der Waals surface area contributed by atoms with Gasteiger partial charge in [-0.2, -0.15) is 4.39 Å². The normalized spacial score (nSPS) is 23.6. The number of ether oxygens (including phenoxy) is 1. The SMILES string of the molecule is Cc1c(C(C)C)cnc2c1NCC(C)(F)O2. The fraction of sp³-hybridized carbons (Fsp3) is 0.583. The van der Waals surface area contributed by atoms with Gasteiger partial charge < -0.3 is 10.1 Å². The van der Waals surface area contributed by atoms with Gasteiger partial charge in [0.1, 0.15) is 5.69 Å². The zero-order chi connectivity index (χ0) is 11.9. The Balaban J connectivity index is 2.45. The summed E-state index contributed by atoms with van der Waals surface area (Å²) in [6, 6.07) is 0. The number of rotatable bonds is 1. The topological polar surface area (TPSA) is 34.2 Å². The molecule has 1 aromatic heterocycles. The predicted molar refractivity (Wildman–Crippen MR) is 61.7 cm³/mol. The number of nitrogens with zero attached hydrogens (tertiary/aromatic N) is 1. The third-order valence-corrected chi connectivity index (χ3v) is 2.86. The maximum Gasteiger partial charge on any atom is 0.264 e. The number of hydrogen-bond acceptors (Lipinski definition) is 3. The van der Waals surface area contributed by atoms with E-state index in [0.29, 0.717) is 11.8 Å². The summed E-state index contributed by atoms with van der Waals surface area (Å²) in [6.45, 7) is 7.78. The number of pyridine rings is 1. The second kappa shape index (κ2) is 3.61. The van der Waals surface area contributed by atoms with Crippen molar-refractivity contribution in [2.24, 2.45) is 0 Å². The van der Waals surface area contributed by atoms with E-state index >= 15 is 0 Å². The Kier molecular flexibility index (Phi) is 2.52. The lowest BCUT2D eigenvalue weighted by molar-refractivity contribution is -0.0400. The molecule has 16 heavy (non-hydrogen) atoms. The molecule has 2 rings (SSSR count). The lowest BCUT2D eigenvalue weighted by Crippen LogP contribution is -2.39. The largest absolute Gasteiger partial charge is 0.437 e. The van der Waals surface area contributed by atoms with Crippen molar-refractivity contribution in [1.82, 2.24) is 4.98 Å². The van der Waals surface area contributed by atoms with Gasteiger partial charge in [0.2, 0.25) is 5.88 Å². The molecular weight excluding hydrogens is 207 g/mol. The predicted octanol–water partition coefficient (Wildman–Crippen LogP) is 3.00. The molecule has 0 amide bonds. The van der Waals surface area contributed by atoms with Crippen LogP contribution < -0.4 is 10.1 Å². The van der Waals surface area contributed by atoms with E-state index in [2.05, 4.69) is 24.1 Å². The lowest BCUT2D eigenvalue weighted by Gasteiger charge is -2.30. The van der Waals surface area contributed by atoms with Crippen molar-refractivity contribution in [3.8, 4) is 5.88 Å². The van der Waals surface area contributed by atoms with Crippen LogP contribution in [-0.2, 0) is 0 Å². The minimum atomic E-state index is -1.67. The molecule has 0 saturated carbocycles. The first-order valence-electron chi connectivity index (χ1n) is 5.52. The minimum Gasteiger partial charge on any atom is -0.437 e. The van der Waals surface area contributed by atoms with Crippen LogP contribution in [0.5, 0.6) is 5.88 Å². The van der Waals surface area contributed by atoms with E-state index in [0.717, 1.165) is 16.8 Å². The standard InChI is InChI=1S/C12H17FN2O/c1-7(2)9-5-14-11-10(8(9)3)15-6-12(4,13)16-11/h5,7,15H,6H2,1-4H3. The molecule has 1 aromatic rings. The van der Waals surface area contributed by atoms with E-state index in [1.807, 2.05) is 6.92 Å². The van der Waals surface area contributed by atoms with E-state index in [4.69, 9.17) is 4.74 Å². The van der Waals surface area contributed by atoms with Crippen LogP contribution in [0.2, 0.25) is 0 Å². The summed E-state index contributed by atoms with van der Waals surface area (Å²) in [5, 5.41) is 3.05. The van der Waals surface area contributed by atoms with E-state index in [1.54, 1.807) is 6.20 Å². The van der Waals surface area contributed by atoms with Gasteiger partial charge in [0.05, 0.1) is 6.54 Å². The van der Waals surface area contributed by atoms with Gasteiger partial charge in [0.15, 0.2) is 0 Å². The van der Waals surface area contributed by atoms with Crippen molar-refractivity contribution < 1.29 is 9.13 Å². The molecule has 1 N–H and O–H groups in total. The van der Waals surface area contributed by atoms with Gasteiger partial charge in [0.25, 0.3) is 5.85 Å². The average molecular weight is 224 g/mol. The van der Waals surface area contributed by atoms with Crippen LogP contribution in [0.3, 0.4) is 0 Å². The van der Waals surface area contributed by atoms with Gasteiger partial charge in [-0.05, 0) is 24.0 Å². The van der Waals surface area contributed by atoms with Crippen LogP contribution in [0.15, 0.2) is 6.20 Å². The van der Waals surface area contributed by atoms with E-state index < -0.39 is 5.85 Å². The molecule has 4 heteroatoms. The molecule has 1 unspecified atom stereocenters. The Morgan fingerprint density at radius 1 is 1.56 bits per heavy atom. The summed E-state index contributed by atoms with van der Waals surface area (Å²) >= 11 is 0. The molecule has 1 atom stereocenters. The van der Waals surface area contributed by atoms with Crippen molar-refractivity contribution >= 4 is 5.69 Å². The Hall–Kier alpha value is -1.32. The second-order valence-corrected chi connectivity index (χ2v) is 4.73. The molecule has 0 fully saturated rings. The molecule has 0 aliphatic carbocycles. The summed E-state index contributed by atoms with van der Waals surface area (Å²) in [5.41, 5.74) is 3.08. The summed E-state index contributed by atoms with van der Waals surface area (Å²) in [7, 11) is 0. The highest BCUT2D eigenvalue weighted by molar-refractivity contribution is 5.62. The molecule has 1 aliphatic heterocycles. The monoisotopic (exact) mass is 224 g/mol. The summed E-state index contributed by atoms with van der Waals surface area (Å²) < 4.78 is 18.8. The van der Waals surface area contributed by atoms with Crippen molar-refractivity contribution in [3.63, 3.8) is 0 Å². The molecule has 0 spiro atoms. The fourth-order valence-corrected chi connectivity index (χ4v) is 1.95. The van der Waals surface area contributed by atoms with Crippen LogP contribution >= 0.6 is 0 Å². The highest BCUT2D eigenvalue weighted by Gasteiger charge is 2.32. The van der Waals surface area contributed by atoms with E-state index in [-0.39, 0.29) is 6.54 Å². The molecule has 0 bridgehead atoms. The molecule has 1 aliphatic rings. The third-order valence-electron chi connectivity index (χ3n) is 2.86. The lowest BCUT2D eigenvalue weighted by atomic mass is 9.99. The van der Waals surface area contributed by atoms with Crippen LogP contribution in [-0.4, -0.2) is 17.4 Å². The molecule has 0 radical (unpaired) electrons. The van der Waals surface area contributed by atoms with Gasteiger partial charge in [0, 0.05) is 13.1 Å².